The highest BCUT2D eigenvalue weighted by Gasteiger charge is 2.33. The number of anilines is 1. The molecule has 0 saturated carbocycles. The molecule has 10 nitrogen and oxygen atoms in total. The first-order chi connectivity index (χ1) is 19.2. The van der Waals surface area contributed by atoms with Crippen LogP contribution in [0.15, 0.2) is 53.2 Å². The van der Waals surface area contributed by atoms with Gasteiger partial charge in [0.2, 0.25) is 10.0 Å². The number of furan rings is 1. The third-order valence-corrected chi connectivity index (χ3v) is 9.59. The van der Waals surface area contributed by atoms with Gasteiger partial charge in [0.25, 0.3) is 5.91 Å². The maximum Gasteiger partial charge on any atom is 0.272 e. The second-order valence-electron chi connectivity index (χ2n) is 10.8. The maximum atomic E-state index is 13.4. The summed E-state index contributed by atoms with van der Waals surface area (Å²) in [5, 5.41) is 3.30. The Morgan fingerprint density at radius 3 is 2.40 bits per heavy atom. The van der Waals surface area contributed by atoms with Crippen molar-refractivity contribution in [1.82, 2.24) is 24.1 Å². The zero-order valence-electron chi connectivity index (χ0n) is 23.4. The highest BCUT2D eigenvalue weighted by molar-refractivity contribution is 7.88. The van der Waals surface area contributed by atoms with Gasteiger partial charge in [-0.1, -0.05) is 30.3 Å². The van der Waals surface area contributed by atoms with Crippen LogP contribution in [0.5, 0.6) is 0 Å². The Morgan fingerprint density at radius 1 is 1.02 bits per heavy atom. The second kappa shape index (κ2) is 12.1. The smallest absolute Gasteiger partial charge is 0.272 e. The van der Waals surface area contributed by atoms with Crippen LogP contribution in [-0.4, -0.2) is 90.0 Å². The fourth-order valence-electron chi connectivity index (χ4n) is 5.71. The molecule has 2 aliphatic rings. The number of likely N-dealkylation sites (tertiary alicyclic amines) is 2. The molecule has 1 N–H and O–H groups in total. The van der Waals surface area contributed by atoms with Crippen molar-refractivity contribution in [3.05, 3.63) is 65.8 Å². The monoisotopic (exact) mass is 566 g/mol. The normalized spacial score (nSPS) is 17.9. The van der Waals surface area contributed by atoms with E-state index in [0.717, 1.165) is 61.4 Å². The number of piperidine rings is 2. The fourth-order valence-corrected chi connectivity index (χ4v) is 6.47. The first-order valence-electron chi connectivity index (χ1n) is 13.9. The van der Waals surface area contributed by atoms with Gasteiger partial charge in [0.05, 0.1) is 12.8 Å². The topological polar surface area (TPSA) is 112 Å². The standard InChI is InChI=1S/C29H38N6O4S/c1-21-27(31-20-32-28(21)30-19-25-9-10-26(39-25)22-7-5-4-6-8-22)29(36)35-17-13-24(14-18-35)34-15-11-23(12-16-34)33(2)40(3,37)38/h4-10,20,23-24H,11-19H2,1-3H3,(H,30,31,32). The van der Waals surface area contributed by atoms with Crippen molar-refractivity contribution >= 4 is 21.7 Å². The summed E-state index contributed by atoms with van der Waals surface area (Å²) in [6.45, 7) is 5.43. The Labute approximate surface area is 236 Å². The molecule has 0 aliphatic carbocycles. The Bertz CT molecular complexity index is 1410. The van der Waals surface area contributed by atoms with Gasteiger partial charge in [-0.05, 0) is 57.8 Å². The van der Waals surface area contributed by atoms with Gasteiger partial charge in [0.15, 0.2) is 0 Å². The van der Waals surface area contributed by atoms with Crippen molar-refractivity contribution in [2.24, 2.45) is 0 Å². The van der Waals surface area contributed by atoms with Gasteiger partial charge in [-0.25, -0.2) is 22.7 Å². The van der Waals surface area contributed by atoms with Crippen molar-refractivity contribution in [1.29, 1.82) is 0 Å². The molecular weight excluding hydrogens is 528 g/mol. The van der Waals surface area contributed by atoms with Crippen molar-refractivity contribution in [2.75, 3.05) is 44.8 Å². The lowest BCUT2D eigenvalue weighted by atomic mass is 9.97. The predicted octanol–water partition coefficient (Wildman–Crippen LogP) is 3.62. The minimum absolute atomic E-state index is 0.0650. The third kappa shape index (κ3) is 6.37. The van der Waals surface area contributed by atoms with E-state index in [2.05, 4.69) is 20.2 Å². The number of carbonyl (C=O) groups is 1. The number of hydrogen-bond acceptors (Lipinski definition) is 8. The van der Waals surface area contributed by atoms with Gasteiger partial charge in [-0.15, -0.1) is 0 Å². The van der Waals surface area contributed by atoms with Crippen molar-refractivity contribution in [3.8, 4) is 11.3 Å². The zero-order chi connectivity index (χ0) is 28.3. The van der Waals surface area contributed by atoms with Gasteiger partial charge in [0, 0.05) is 43.3 Å². The Balaban J connectivity index is 1.14. The first-order valence-corrected chi connectivity index (χ1v) is 15.7. The summed E-state index contributed by atoms with van der Waals surface area (Å²) in [5.74, 6) is 2.13. The lowest BCUT2D eigenvalue weighted by molar-refractivity contribution is 0.0542. The van der Waals surface area contributed by atoms with Crippen LogP contribution >= 0.6 is 0 Å². The van der Waals surface area contributed by atoms with E-state index in [9.17, 15) is 13.2 Å². The highest BCUT2D eigenvalue weighted by Crippen LogP contribution is 2.26. The van der Waals surface area contributed by atoms with Crippen LogP contribution in [-0.2, 0) is 16.6 Å². The average molecular weight is 567 g/mol. The van der Waals surface area contributed by atoms with Crippen molar-refractivity contribution in [2.45, 2.75) is 51.2 Å². The molecule has 1 aromatic carbocycles. The highest BCUT2D eigenvalue weighted by atomic mass is 32.2. The van der Waals surface area contributed by atoms with Crippen LogP contribution in [0.3, 0.4) is 0 Å². The van der Waals surface area contributed by atoms with E-state index in [4.69, 9.17) is 4.42 Å². The van der Waals surface area contributed by atoms with Crippen molar-refractivity contribution < 1.29 is 17.6 Å². The number of carbonyl (C=O) groups excluding carboxylic acids is 1. The van der Waals surface area contributed by atoms with Gasteiger partial charge < -0.3 is 19.5 Å². The van der Waals surface area contributed by atoms with E-state index in [0.29, 0.717) is 37.2 Å². The number of amides is 1. The molecule has 214 valence electrons. The predicted molar refractivity (Wildman–Crippen MR) is 154 cm³/mol. The fraction of sp³-hybridized carbons (Fsp3) is 0.483. The summed E-state index contributed by atoms with van der Waals surface area (Å²) in [4.78, 5) is 26.5. The number of benzene rings is 1. The van der Waals surface area contributed by atoms with E-state index in [-0.39, 0.29) is 11.9 Å². The van der Waals surface area contributed by atoms with Crippen LogP contribution in [0, 0.1) is 6.92 Å². The third-order valence-electron chi connectivity index (χ3n) is 8.24. The Morgan fingerprint density at radius 2 is 1.73 bits per heavy atom. The Hall–Kier alpha value is -3.28. The number of nitrogens with zero attached hydrogens (tertiary/aromatic N) is 5. The lowest BCUT2D eigenvalue weighted by Gasteiger charge is -2.43. The molecule has 5 rings (SSSR count). The quantitative estimate of drug-likeness (QED) is 0.440. The van der Waals surface area contributed by atoms with Gasteiger partial charge >= 0.3 is 0 Å². The molecule has 0 bridgehead atoms. The van der Waals surface area contributed by atoms with E-state index >= 15 is 0 Å². The molecular formula is C29H38N6O4S. The van der Waals surface area contributed by atoms with E-state index in [1.54, 1.807) is 7.05 Å². The molecule has 1 amide bonds. The van der Waals surface area contributed by atoms with Crippen LogP contribution in [0.25, 0.3) is 11.3 Å². The molecule has 2 aliphatic heterocycles. The molecule has 0 spiro atoms. The summed E-state index contributed by atoms with van der Waals surface area (Å²) < 4.78 is 31.3. The molecule has 0 radical (unpaired) electrons. The van der Waals surface area contributed by atoms with E-state index in [1.165, 1.54) is 16.9 Å². The molecule has 11 heteroatoms. The van der Waals surface area contributed by atoms with Gasteiger partial charge in [0.1, 0.15) is 29.4 Å². The maximum absolute atomic E-state index is 13.4. The average Bonchev–Trinajstić information content (AvgIpc) is 3.45. The minimum atomic E-state index is -3.17. The van der Waals surface area contributed by atoms with Crippen LogP contribution in [0.2, 0.25) is 0 Å². The summed E-state index contributed by atoms with van der Waals surface area (Å²) in [5.41, 5.74) is 2.17. The summed E-state index contributed by atoms with van der Waals surface area (Å²) in [7, 11) is -1.50. The molecule has 2 saturated heterocycles. The summed E-state index contributed by atoms with van der Waals surface area (Å²) in [6, 6.07) is 14.3. The van der Waals surface area contributed by atoms with Crippen LogP contribution in [0.4, 0.5) is 5.82 Å². The number of sulfonamides is 1. The van der Waals surface area contributed by atoms with E-state index in [1.807, 2.05) is 54.3 Å². The minimum Gasteiger partial charge on any atom is -0.459 e. The number of hydrogen-bond donors (Lipinski definition) is 1. The van der Waals surface area contributed by atoms with Crippen molar-refractivity contribution in [3.63, 3.8) is 0 Å². The van der Waals surface area contributed by atoms with Gasteiger partial charge in [-0.3, -0.25) is 4.79 Å². The Kier molecular flexibility index (Phi) is 8.53. The largest absolute Gasteiger partial charge is 0.459 e. The van der Waals surface area contributed by atoms with Gasteiger partial charge in [-0.2, -0.15) is 0 Å². The lowest BCUT2D eigenvalue weighted by Crippen LogP contribution is -2.52. The summed E-state index contributed by atoms with van der Waals surface area (Å²) >= 11 is 0. The molecule has 40 heavy (non-hydrogen) atoms. The molecule has 4 heterocycles. The molecule has 0 unspecified atom stereocenters. The molecule has 2 aromatic heterocycles. The zero-order valence-corrected chi connectivity index (χ0v) is 24.2. The molecule has 2 fully saturated rings. The summed E-state index contributed by atoms with van der Waals surface area (Å²) in [6.07, 6.45) is 6.18. The number of rotatable bonds is 8. The number of nitrogens with one attached hydrogen (secondary N) is 1. The SMILES string of the molecule is Cc1c(NCc2ccc(-c3ccccc3)o2)ncnc1C(=O)N1CCC(N2CCC(N(C)S(C)(=O)=O)CC2)CC1. The molecule has 3 aromatic rings. The van der Waals surface area contributed by atoms with E-state index < -0.39 is 10.0 Å². The number of aromatic nitrogens is 2. The molecule has 0 atom stereocenters. The second-order valence-corrected chi connectivity index (χ2v) is 12.8. The van der Waals surface area contributed by atoms with Crippen LogP contribution in [0.1, 0.15) is 47.5 Å². The first kappa shape index (κ1) is 28.3. The van der Waals surface area contributed by atoms with Crippen LogP contribution < -0.4 is 5.32 Å².